The Morgan fingerprint density at radius 3 is 2.56 bits per heavy atom. The molecule has 2 aliphatic carbocycles. The molecule has 0 radical (unpaired) electrons. The highest BCUT2D eigenvalue weighted by Gasteiger charge is 2.79. The average Bonchev–Trinajstić information content (AvgIpc) is 3.55. The maximum atomic E-state index is 14.9. The van der Waals surface area contributed by atoms with E-state index in [1.807, 2.05) is 0 Å². The van der Waals surface area contributed by atoms with Crippen LogP contribution in [0.2, 0.25) is 0 Å². The van der Waals surface area contributed by atoms with Gasteiger partial charge in [0.15, 0.2) is 5.82 Å². The van der Waals surface area contributed by atoms with Gasteiger partial charge in [0, 0.05) is 30.1 Å². The fourth-order valence-electron chi connectivity index (χ4n) is 5.99. The zero-order chi connectivity index (χ0) is 25.2. The Balaban J connectivity index is 1.32. The SMILES string of the molecule is O=C(c1cccc(F)c1-c1ncccn1)N1C(CO)C2CC23CC(Oc2ccc(C(F)(F)F)cn2)C13. The lowest BCUT2D eigenvalue weighted by Gasteiger charge is -2.47. The van der Waals surface area contributed by atoms with E-state index < -0.39 is 41.7 Å². The van der Waals surface area contributed by atoms with Gasteiger partial charge in [-0.1, -0.05) is 6.07 Å². The van der Waals surface area contributed by atoms with Gasteiger partial charge in [0.05, 0.1) is 35.4 Å². The molecule has 186 valence electrons. The fourth-order valence-corrected chi connectivity index (χ4v) is 5.99. The van der Waals surface area contributed by atoms with Crippen molar-refractivity contribution in [3.8, 4) is 17.3 Å². The van der Waals surface area contributed by atoms with E-state index in [9.17, 15) is 27.5 Å². The van der Waals surface area contributed by atoms with Crippen molar-refractivity contribution in [1.29, 1.82) is 0 Å². The number of ether oxygens (including phenoxy) is 1. The standard InChI is InChI=1S/C25H20F4N4O3/c26-16-4-1-3-14(20(16)22-30-7-2-8-31-22)23(35)33-17(12-34)15-9-24(15)10-18(21(24)33)36-19-6-5-13(11-32-19)25(27,28)29/h1-8,11,15,17-18,21,34H,9-10,12H2. The molecule has 1 saturated heterocycles. The third-order valence-corrected chi connectivity index (χ3v) is 7.61. The third-order valence-electron chi connectivity index (χ3n) is 7.61. The molecule has 2 aromatic heterocycles. The highest BCUT2D eigenvalue weighted by molar-refractivity contribution is 6.01. The van der Waals surface area contributed by atoms with E-state index in [1.165, 1.54) is 30.6 Å². The number of carbonyl (C=O) groups excluding carboxylic acids is 1. The molecule has 3 heterocycles. The Labute approximate surface area is 202 Å². The number of nitrogens with zero attached hydrogens (tertiary/aromatic N) is 4. The van der Waals surface area contributed by atoms with E-state index in [1.54, 1.807) is 11.0 Å². The second-order valence-electron chi connectivity index (χ2n) is 9.43. The summed E-state index contributed by atoms with van der Waals surface area (Å²) in [6.07, 6.45) is -0.0324. The summed E-state index contributed by atoms with van der Waals surface area (Å²) in [5.41, 5.74) is -1.08. The molecule has 5 unspecified atom stereocenters. The molecule has 2 saturated carbocycles. The quantitative estimate of drug-likeness (QED) is 0.537. The molecule has 1 aromatic carbocycles. The summed E-state index contributed by atoms with van der Waals surface area (Å²) in [6.45, 7) is -0.271. The summed E-state index contributed by atoms with van der Waals surface area (Å²) in [6, 6.07) is 6.86. The largest absolute Gasteiger partial charge is 0.472 e. The Bertz CT molecular complexity index is 1320. The van der Waals surface area contributed by atoms with Crippen LogP contribution in [-0.4, -0.2) is 55.7 Å². The zero-order valence-electron chi connectivity index (χ0n) is 18.7. The first-order valence-electron chi connectivity index (χ1n) is 11.4. The van der Waals surface area contributed by atoms with Crippen molar-refractivity contribution in [2.45, 2.75) is 37.2 Å². The first-order valence-corrected chi connectivity index (χ1v) is 11.4. The number of alkyl halides is 3. The molecular formula is C25H20F4N4O3. The maximum Gasteiger partial charge on any atom is 0.417 e. The monoisotopic (exact) mass is 500 g/mol. The van der Waals surface area contributed by atoms with Crippen molar-refractivity contribution < 1.29 is 32.2 Å². The van der Waals surface area contributed by atoms with Crippen LogP contribution < -0.4 is 4.74 Å². The number of hydrogen-bond donors (Lipinski definition) is 1. The van der Waals surface area contributed by atoms with E-state index in [0.29, 0.717) is 12.6 Å². The number of rotatable bonds is 5. The van der Waals surface area contributed by atoms with Crippen molar-refractivity contribution in [1.82, 2.24) is 19.9 Å². The Hall–Kier alpha value is -3.60. The highest BCUT2D eigenvalue weighted by atomic mass is 19.4. The van der Waals surface area contributed by atoms with Crippen molar-refractivity contribution in [3.63, 3.8) is 0 Å². The molecule has 1 aliphatic heterocycles. The molecule has 7 nitrogen and oxygen atoms in total. The van der Waals surface area contributed by atoms with Crippen LogP contribution in [0, 0.1) is 17.2 Å². The number of aliphatic hydroxyl groups excluding tert-OH is 1. The van der Waals surface area contributed by atoms with Gasteiger partial charge in [0.1, 0.15) is 11.9 Å². The zero-order valence-corrected chi connectivity index (χ0v) is 18.7. The summed E-state index contributed by atoms with van der Waals surface area (Å²) >= 11 is 0. The fraction of sp³-hybridized carbons (Fsp3) is 0.360. The number of halogens is 4. The van der Waals surface area contributed by atoms with Crippen LogP contribution in [0.25, 0.3) is 11.4 Å². The number of pyridine rings is 1. The van der Waals surface area contributed by atoms with E-state index in [0.717, 1.165) is 18.6 Å². The number of benzene rings is 1. The summed E-state index contributed by atoms with van der Waals surface area (Å²) in [4.78, 5) is 27.4. The van der Waals surface area contributed by atoms with E-state index in [2.05, 4.69) is 15.0 Å². The molecule has 5 atom stereocenters. The molecule has 1 N–H and O–H groups in total. The Morgan fingerprint density at radius 2 is 1.89 bits per heavy atom. The summed E-state index contributed by atoms with van der Waals surface area (Å²) < 4.78 is 59.4. The van der Waals surface area contributed by atoms with Crippen molar-refractivity contribution in [2.24, 2.45) is 11.3 Å². The molecule has 3 fully saturated rings. The Kier molecular flexibility index (Phi) is 5.05. The van der Waals surface area contributed by atoms with Crippen molar-refractivity contribution in [3.05, 3.63) is 71.9 Å². The summed E-state index contributed by atoms with van der Waals surface area (Å²) in [7, 11) is 0. The van der Waals surface area contributed by atoms with Gasteiger partial charge in [0.25, 0.3) is 5.91 Å². The molecular weight excluding hydrogens is 480 g/mol. The maximum absolute atomic E-state index is 14.9. The topological polar surface area (TPSA) is 88.4 Å². The molecule has 3 aliphatic rings. The molecule has 1 spiro atoms. The van der Waals surface area contributed by atoms with Gasteiger partial charge in [-0.3, -0.25) is 4.79 Å². The number of amides is 1. The number of aromatic nitrogens is 3. The predicted molar refractivity (Wildman–Crippen MR) is 117 cm³/mol. The van der Waals surface area contributed by atoms with Gasteiger partial charge in [0.2, 0.25) is 5.88 Å². The van der Waals surface area contributed by atoms with Crippen LogP contribution in [0.5, 0.6) is 5.88 Å². The van der Waals surface area contributed by atoms with Gasteiger partial charge in [-0.2, -0.15) is 13.2 Å². The second kappa shape index (κ2) is 7.95. The minimum Gasteiger partial charge on any atom is -0.472 e. The number of likely N-dealkylation sites (tertiary alicyclic amines) is 1. The van der Waals surface area contributed by atoms with Gasteiger partial charge < -0.3 is 14.7 Å². The average molecular weight is 500 g/mol. The smallest absolute Gasteiger partial charge is 0.417 e. The van der Waals surface area contributed by atoms with E-state index >= 15 is 0 Å². The predicted octanol–water partition coefficient (Wildman–Crippen LogP) is 3.74. The summed E-state index contributed by atoms with van der Waals surface area (Å²) in [5.74, 6) is -0.983. The number of aliphatic hydroxyl groups is 1. The summed E-state index contributed by atoms with van der Waals surface area (Å²) in [5, 5.41) is 10.2. The van der Waals surface area contributed by atoms with Crippen LogP contribution in [0.15, 0.2) is 55.0 Å². The highest BCUT2D eigenvalue weighted by Crippen LogP contribution is 2.74. The lowest BCUT2D eigenvalue weighted by molar-refractivity contribution is -0.137. The number of hydrogen-bond acceptors (Lipinski definition) is 6. The van der Waals surface area contributed by atoms with Gasteiger partial charge in [-0.15, -0.1) is 0 Å². The number of piperidine rings is 1. The molecule has 0 bridgehead atoms. The van der Waals surface area contributed by atoms with Crippen LogP contribution in [0.4, 0.5) is 17.6 Å². The van der Waals surface area contributed by atoms with E-state index in [4.69, 9.17) is 4.74 Å². The Morgan fingerprint density at radius 1 is 1.11 bits per heavy atom. The van der Waals surface area contributed by atoms with E-state index in [-0.39, 0.29) is 40.8 Å². The molecule has 3 aromatic rings. The van der Waals surface area contributed by atoms with Crippen LogP contribution in [-0.2, 0) is 6.18 Å². The van der Waals surface area contributed by atoms with Gasteiger partial charge in [-0.05, 0) is 43.0 Å². The molecule has 36 heavy (non-hydrogen) atoms. The van der Waals surface area contributed by atoms with Gasteiger partial charge in [-0.25, -0.2) is 19.3 Å². The van der Waals surface area contributed by atoms with Crippen LogP contribution in [0.1, 0.15) is 28.8 Å². The molecule has 1 amide bonds. The van der Waals surface area contributed by atoms with Crippen LogP contribution >= 0.6 is 0 Å². The normalized spacial score (nSPS) is 28.2. The molecule has 6 rings (SSSR count). The van der Waals surface area contributed by atoms with Gasteiger partial charge >= 0.3 is 6.18 Å². The minimum absolute atomic E-state index is 0.0176. The van der Waals surface area contributed by atoms with Crippen LogP contribution in [0.3, 0.4) is 0 Å². The molecule has 11 heteroatoms. The first-order chi connectivity index (χ1) is 17.2. The van der Waals surface area contributed by atoms with Crippen molar-refractivity contribution >= 4 is 5.91 Å². The second-order valence-corrected chi connectivity index (χ2v) is 9.43. The van der Waals surface area contributed by atoms with Crippen molar-refractivity contribution in [2.75, 3.05) is 6.61 Å². The minimum atomic E-state index is -4.51. The lowest BCUT2D eigenvalue weighted by atomic mass is 9.72. The third kappa shape index (κ3) is 3.36. The first kappa shape index (κ1) is 22.8. The lowest BCUT2D eigenvalue weighted by Crippen LogP contribution is -2.60. The number of carbonyl (C=O) groups is 1.